The summed E-state index contributed by atoms with van der Waals surface area (Å²) in [6, 6.07) is 4.57. The number of aromatic amines is 1. The molecule has 3 N–H and O–H groups in total. The molecule has 1 aromatic carbocycles. The molecule has 1 aromatic heterocycles. The molecule has 5 nitrogen and oxygen atoms in total. The molecular weight excluding hydrogens is 310 g/mol. The van der Waals surface area contributed by atoms with Gasteiger partial charge in [-0.15, -0.1) is 0 Å². The van der Waals surface area contributed by atoms with E-state index in [0.29, 0.717) is 12.2 Å². The van der Waals surface area contributed by atoms with Crippen molar-refractivity contribution in [3.8, 4) is 5.75 Å². The van der Waals surface area contributed by atoms with Crippen molar-refractivity contribution in [2.45, 2.75) is 19.4 Å². The van der Waals surface area contributed by atoms with Crippen molar-refractivity contribution < 1.29 is 9.90 Å². The molecule has 1 amide bonds. The summed E-state index contributed by atoms with van der Waals surface area (Å²) in [6.07, 6.45) is 4.05. The lowest BCUT2D eigenvalue weighted by atomic mass is 10.1. The van der Waals surface area contributed by atoms with Gasteiger partial charge in [0.1, 0.15) is 11.6 Å². The van der Waals surface area contributed by atoms with Crippen LogP contribution in [0.4, 0.5) is 0 Å². The summed E-state index contributed by atoms with van der Waals surface area (Å²) in [7, 11) is 0. The van der Waals surface area contributed by atoms with Gasteiger partial charge in [0.25, 0.3) is 5.91 Å². The summed E-state index contributed by atoms with van der Waals surface area (Å²) in [5, 5.41) is 12.6. The molecule has 0 radical (unpaired) electrons. The second-order valence-corrected chi connectivity index (χ2v) is 4.99. The molecule has 0 fully saturated rings. The smallest absolute Gasteiger partial charge is 0.255 e. The first kappa shape index (κ1) is 13.6. The number of rotatable bonds is 4. The van der Waals surface area contributed by atoms with E-state index < -0.39 is 0 Å². The number of hydrogen-bond acceptors (Lipinski definition) is 3. The fraction of sp³-hybridized carbons (Fsp3) is 0.231. The van der Waals surface area contributed by atoms with E-state index >= 15 is 0 Å². The number of nitrogens with zero attached hydrogens (tertiary/aromatic N) is 1. The lowest BCUT2D eigenvalue weighted by Gasteiger charge is -2.15. The molecule has 6 heteroatoms. The molecule has 1 atom stereocenters. The molecule has 1 unspecified atom stereocenters. The van der Waals surface area contributed by atoms with Gasteiger partial charge in [0.2, 0.25) is 0 Å². The number of aromatic hydroxyl groups is 1. The number of hydrogen-bond donors (Lipinski definition) is 3. The van der Waals surface area contributed by atoms with Gasteiger partial charge in [0, 0.05) is 16.9 Å². The van der Waals surface area contributed by atoms with Crippen LogP contribution in [0.1, 0.15) is 35.6 Å². The molecule has 0 bridgehead atoms. The SMILES string of the molecule is CCC(NC(=O)c1ccc(Br)cc1O)c1ncc[nH]1. The van der Waals surface area contributed by atoms with E-state index in [-0.39, 0.29) is 23.3 Å². The van der Waals surface area contributed by atoms with Crippen LogP contribution in [0.15, 0.2) is 35.1 Å². The molecule has 0 aliphatic rings. The Morgan fingerprint density at radius 2 is 2.37 bits per heavy atom. The summed E-state index contributed by atoms with van der Waals surface area (Å²) >= 11 is 3.23. The monoisotopic (exact) mass is 323 g/mol. The molecule has 100 valence electrons. The molecule has 0 aliphatic heterocycles. The van der Waals surface area contributed by atoms with Crippen LogP contribution >= 0.6 is 15.9 Å². The highest BCUT2D eigenvalue weighted by molar-refractivity contribution is 9.10. The van der Waals surface area contributed by atoms with Crippen molar-refractivity contribution in [3.05, 3.63) is 46.5 Å². The number of imidazole rings is 1. The van der Waals surface area contributed by atoms with Crippen molar-refractivity contribution in [1.29, 1.82) is 0 Å². The van der Waals surface area contributed by atoms with Crippen molar-refractivity contribution in [2.24, 2.45) is 0 Å². The van der Waals surface area contributed by atoms with E-state index in [1.165, 1.54) is 6.07 Å². The van der Waals surface area contributed by atoms with E-state index in [1.807, 2.05) is 6.92 Å². The number of phenols is 1. The minimum Gasteiger partial charge on any atom is -0.507 e. The molecule has 0 saturated heterocycles. The zero-order chi connectivity index (χ0) is 13.8. The highest BCUT2D eigenvalue weighted by Crippen LogP contribution is 2.23. The zero-order valence-corrected chi connectivity index (χ0v) is 11.9. The summed E-state index contributed by atoms with van der Waals surface area (Å²) in [5.74, 6) is 0.321. The predicted molar refractivity (Wildman–Crippen MR) is 74.9 cm³/mol. The van der Waals surface area contributed by atoms with Crippen LogP contribution in [-0.2, 0) is 0 Å². The third-order valence-corrected chi connectivity index (χ3v) is 3.26. The molecule has 0 spiro atoms. The molecule has 2 rings (SSSR count). The lowest BCUT2D eigenvalue weighted by Crippen LogP contribution is -2.28. The van der Waals surface area contributed by atoms with Gasteiger partial charge in [-0.3, -0.25) is 4.79 Å². The summed E-state index contributed by atoms with van der Waals surface area (Å²) in [6.45, 7) is 1.95. The van der Waals surface area contributed by atoms with Gasteiger partial charge in [0.15, 0.2) is 0 Å². The maximum atomic E-state index is 12.1. The Labute approximate surface area is 119 Å². The fourth-order valence-electron chi connectivity index (χ4n) is 1.76. The van der Waals surface area contributed by atoms with Gasteiger partial charge in [-0.2, -0.15) is 0 Å². The first-order chi connectivity index (χ1) is 9.11. The normalized spacial score (nSPS) is 12.1. The number of phenolic OH excluding ortho intramolecular Hbond substituents is 1. The predicted octanol–water partition coefficient (Wildman–Crippen LogP) is 2.76. The highest BCUT2D eigenvalue weighted by Gasteiger charge is 2.18. The Bertz CT molecular complexity index is 569. The number of halogens is 1. The topological polar surface area (TPSA) is 78.0 Å². The van der Waals surface area contributed by atoms with Gasteiger partial charge in [-0.25, -0.2) is 4.98 Å². The summed E-state index contributed by atoms with van der Waals surface area (Å²) < 4.78 is 0.722. The van der Waals surface area contributed by atoms with Crippen molar-refractivity contribution in [3.63, 3.8) is 0 Å². The molecule has 0 saturated carbocycles. The number of amides is 1. The van der Waals surface area contributed by atoms with Crippen molar-refractivity contribution in [1.82, 2.24) is 15.3 Å². The maximum absolute atomic E-state index is 12.1. The Balaban J connectivity index is 2.16. The second kappa shape index (κ2) is 5.88. The van der Waals surface area contributed by atoms with Gasteiger partial charge in [0.05, 0.1) is 11.6 Å². The lowest BCUT2D eigenvalue weighted by molar-refractivity contribution is 0.0931. The van der Waals surface area contributed by atoms with Gasteiger partial charge in [-0.05, 0) is 24.6 Å². The number of carbonyl (C=O) groups is 1. The number of aromatic nitrogens is 2. The number of benzene rings is 1. The van der Waals surface area contributed by atoms with Crippen LogP contribution in [0.5, 0.6) is 5.75 Å². The average Bonchev–Trinajstić information content (AvgIpc) is 2.89. The molecule has 2 aromatic rings. The molecule has 0 aliphatic carbocycles. The maximum Gasteiger partial charge on any atom is 0.255 e. The van der Waals surface area contributed by atoms with Crippen LogP contribution in [0.3, 0.4) is 0 Å². The van der Waals surface area contributed by atoms with E-state index in [9.17, 15) is 9.90 Å². The van der Waals surface area contributed by atoms with Crippen LogP contribution in [-0.4, -0.2) is 21.0 Å². The van der Waals surface area contributed by atoms with Crippen LogP contribution < -0.4 is 5.32 Å². The van der Waals surface area contributed by atoms with Gasteiger partial charge in [-0.1, -0.05) is 22.9 Å². The highest BCUT2D eigenvalue weighted by atomic mass is 79.9. The standard InChI is InChI=1S/C13H14BrN3O2/c1-2-10(12-15-5-6-16-12)17-13(19)9-4-3-8(14)7-11(9)18/h3-7,10,18H,2H2,1H3,(H,15,16)(H,17,19). The fourth-order valence-corrected chi connectivity index (χ4v) is 2.11. The Kier molecular flexibility index (Phi) is 4.21. The number of carbonyl (C=O) groups excluding carboxylic acids is 1. The second-order valence-electron chi connectivity index (χ2n) is 4.07. The summed E-state index contributed by atoms with van der Waals surface area (Å²) in [4.78, 5) is 19.2. The quantitative estimate of drug-likeness (QED) is 0.809. The van der Waals surface area contributed by atoms with Crippen molar-refractivity contribution in [2.75, 3.05) is 0 Å². The Morgan fingerprint density at radius 1 is 1.58 bits per heavy atom. The largest absolute Gasteiger partial charge is 0.507 e. The van der Waals surface area contributed by atoms with E-state index in [4.69, 9.17) is 0 Å². The average molecular weight is 324 g/mol. The van der Waals surface area contributed by atoms with E-state index in [0.717, 1.165) is 4.47 Å². The van der Waals surface area contributed by atoms with Crippen LogP contribution in [0, 0.1) is 0 Å². The molecular formula is C13H14BrN3O2. The van der Waals surface area contributed by atoms with Crippen molar-refractivity contribution >= 4 is 21.8 Å². The Morgan fingerprint density at radius 3 is 2.95 bits per heavy atom. The van der Waals surface area contributed by atoms with Crippen LogP contribution in [0.25, 0.3) is 0 Å². The van der Waals surface area contributed by atoms with E-state index in [1.54, 1.807) is 24.5 Å². The number of nitrogens with one attached hydrogen (secondary N) is 2. The van der Waals surface area contributed by atoms with Gasteiger partial charge < -0.3 is 15.4 Å². The minimum absolute atomic E-state index is 0.0545. The van der Waals surface area contributed by atoms with Gasteiger partial charge >= 0.3 is 0 Å². The zero-order valence-electron chi connectivity index (χ0n) is 10.4. The third kappa shape index (κ3) is 3.14. The summed E-state index contributed by atoms with van der Waals surface area (Å²) in [5.41, 5.74) is 0.244. The number of H-pyrrole nitrogens is 1. The molecule has 1 heterocycles. The minimum atomic E-state index is -0.326. The van der Waals surface area contributed by atoms with Crippen LogP contribution in [0.2, 0.25) is 0 Å². The van der Waals surface area contributed by atoms with E-state index in [2.05, 4.69) is 31.2 Å². The first-order valence-corrected chi connectivity index (χ1v) is 6.69. The third-order valence-electron chi connectivity index (χ3n) is 2.77. The first-order valence-electron chi connectivity index (χ1n) is 5.90. The molecule has 19 heavy (non-hydrogen) atoms. The Hall–Kier alpha value is -1.82.